The number of aliphatic hydroxyl groups is 2. The predicted octanol–water partition coefficient (Wildman–Crippen LogP) is -1.90. The summed E-state index contributed by atoms with van der Waals surface area (Å²) in [6, 6.07) is 0. The standard InChI is InChI=1S/C16H22N7O7P/c1-20(2)16-18-13-10(14(26)19-16)21(3)8-23(13)15-12(25)11(24)9(30-15)6-29-31(27,28)22-5-4-17-7-22/h4-5,7-9,11-12,15,24-25H,6H2,1-3H3,(H-,18,19,26,27,28)/p+1/t9-,11-,12-,15-/m1/s1. The Morgan fingerprint density at radius 3 is 2.77 bits per heavy atom. The fourth-order valence-corrected chi connectivity index (χ4v) is 4.27. The lowest BCUT2D eigenvalue weighted by Crippen LogP contribution is -2.46. The van der Waals surface area contributed by atoms with Gasteiger partial charge in [-0.2, -0.15) is 0 Å². The third kappa shape index (κ3) is 3.78. The van der Waals surface area contributed by atoms with E-state index in [1.807, 2.05) is 0 Å². The summed E-state index contributed by atoms with van der Waals surface area (Å²) in [4.78, 5) is 34.9. The van der Waals surface area contributed by atoms with E-state index in [0.29, 0.717) is 5.95 Å². The average molecular weight is 456 g/mol. The molecule has 168 valence electrons. The van der Waals surface area contributed by atoms with Gasteiger partial charge in [-0.05, 0) is 0 Å². The van der Waals surface area contributed by atoms with Crippen molar-refractivity contribution >= 4 is 24.9 Å². The van der Waals surface area contributed by atoms with Crippen molar-refractivity contribution in [2.24, 2.45) is 7.05 Å². The maximum atomic E-state index is 12.5. The van der Waals surface area contributed by atoms with Gasteiger partial charge in [0, 0.05) is 26.5 Å². The molecule has 1 aliphatic heterocycles. The fraction of sp³-hybridized carbons (Fsp3) is 0.500. The van der Waals surface area contributed by atoms with Gasteiger partial charge in [0.05, 0.1) is 13.7 Å². The molecule has 0 saturated carbocycles. The van der Waals surface area contributed by atoms with E-state index in [4.69, 9.17) is 9.26 Å². The molecule has 31 heavy (non-hydrogen) atoms. The molecule has 1 aliphatic rings. The van der Waals surface area contributed by atoms with Gasteiger partial charge in [0.1, 0.15) is 24.6 Å². The van der Waals surface area contributed by atoms with Crippen LogP contribution in [0.15, 0.2) is 29.8 Å². The summed E-state index contributed by atoms with van der Waals surface area (Å²) in [6.07, 6.45) is 0.193. The maximum Gasteiger partial charge on any atom is 0.437 e. The van der Waals surface area contributed by atoms with Crippen molar-refractivity contribution in [2.75, 3.05) is 25.6 Å². The molecule has 0 aliphatic carbocycles. The van der Waals surface area contributed by atoms with Crippen molar-refractivity contribution < 1.29 is 33.5 Å². The van der Waals surface area contributed by atoms with Crippen LogP contribution in [0.2, 0.25) is 0 Å². The first kappa shape index (κ1) is 21.6. The van der Waals surface area contributed by atoms with E-state index in [2.05, 4.69) is 15.0 Å². The summed E-state index contributed by atoms with van der Waals surface area (Å²) in [5.41, 5.74) is 0.0963. The lowest BCUT2D eigenvalue weighted by Gasteiger charge is -2.17. The quantitative estimate of drug-likeness (QED) is 0.242. The topological polar surface area (TPSA) is 172 Å². The summed E-state index contributed by atoms with van der Waals surface area (Å²) in [7, 11) is 0.818. The molecular weight excluding hydrogens is 433 g/mol. The number of aromatic nitrogens is 6. The number of aryl methyl sites for hydroxylation is 1. The molecule has 3 aromatic heterocycles. The van der Waals surface area contributed by atoms with Crippen molar-refractivity contribution in [2.45, 2.75) is 24.5 Å². The monoisotopic (exact) mass is 456 g/mol. The van der Waals surface area contributed by atoms with Crippen LogP contribution in [0, 0.1) is 0 Å². The van der Waals surface area contributed by atoms with Crippen LogP contribution >= 0.6 is 7.75 Å². The molecule has 0 radical (unpaired) electrons. The number of imidazole rings is 2. The predicted molar refractivity (Wildman–Crippen MR) is 105 cm³/mol. The Kier molecular flexibility index (Phi) is 5.45. The number of aliphatic hydroxyl groups excluding tert-OH is 2. The Bertz CT molecular complexity index is 1190. The van der Waals surface area contributed by atoms with Crippen molar-refractivity contribution in [1.29, 1.82) is 0 Å². The number of rotatable bonds is 6. The first-order valence-electron chi connectivity index (χ1n) is 9.25. The van der Waals surface area contributed by atoms with Gasteiger partial charge in [-0.25, -0.2) is 18.5 Å². The zero-order valence-electron chi connectivity index (χ0n) is 16.9. The highest BCUT2D eigenvalue weighted by Gasteiger charge is 2.47. The van der Waals surface area contributed by atoms with Crippen molar-refractivity contribution in [3.05, 3.63) is 35.4 Å². The van der Waals surface area contributed by atoms with Crippen LogP contribution in [0.1, 0.15) is 6.23 Å². The maximum absolute atomic E-state index is 12.5. The Hall–Kier alpha value is -2.61. The number of anilines is 1. The molecule has 15 heteroatoms. The van der Waals surface area contributed by atoms with Crippen molar-refractivity contribution in [3.8, 4) is 0 Å². The molecule has 14 nitrogen and oxygen atoms in total. The van der Waals surface area contributed by atoms with E-state index in [0.717, 1.165) is 10.7 Å². The smallest absolute Gasteiger partial charge is 0.387 e. The summed E-state index contributed by atoms with van der Waals surface area (Å²) >= 11 is 0. The molecule has 5 atom stereocenters. The molecule has 0 amide bonds. The van der Waals surface area contributed by atoms with Crippen LogP contribution in [0.3, 0.4) is 0 Å². The Morgan fingerprint density at radius 2 is 2.13 bits per heavy atom. The summed E-state index contributed by atoms with van der Waals surface area (Å²) in [6.45, 7) is -0.469. The third-order valence-electron chi connectivity index (χ3n) is 4.98. The van der Waals surface area contributed by atoms with Gasteiger partial charge in [-0.15, -0.1) is 0 Å². The number of H-pyrrole nitrogens is 1. The molecule has 1 unspecified atom stereocenters. The van der Waals surface area contributed by atoms with Gasteiger partial charge >= 0.3 is 13.4 Å². The molecule has 0 bridgehead atoms. The van der Waals surface area contributed by atoms with Gasteiger partial charge in [0.15, 0.2) is 6.33 Å². The zero-order chi connectivity index (χ0) is 22.5. The first-order valence-corrected chi connectivity index (χ1v) is 10.8. The number of fused-ring (bicyclic) bond motifs is 1. The Labute approximate surface area is 175 Å². The van der Waals surface area contributed by atoms with Crippen LogP contribution in [-0.4, -0.2) is 78.0 Å². The molecular formula is C16H23N7O7P+. The lowest BCUT2D eigenvalue weighted by molar-refractivity contribution is -0.745. The second-order valence-electron chi connectivity index (χ2n) is 7.37. The summed E-state index contributed by atoms with van der Waals surface area (Å²) < 4.78 is 27.0. The van der Waals surface area contributed by atoms with Crippen molar-refractivity contribution in [1.82, 2.24) is 23.9 Å². The minimum absolute atomic E-state index is 0.235. The summed E-state index contributed by atoms with van der Waals surface area (Å²) in [5, 5.41) is 21.0. The van der Waals surface area contributed by atoms with E-state index in [-0.39, 0.29) is 16.7 Å². The molecule has 4 rings (SSSR count). The molecule has 3 aromatic rings. The number of ether oxygens (including phenoxy) is 1. The van der Waals surface area contributed by atoms with E-state index in [9.17, 15) is 24.5 Å². The SMILES string of the molecule is CN(C)c1nc2c(c(=O)[nH]1)n(C)c[n+]2[C@@H]1O[C@H](COP(=O)(O)n2ccnc2)[C@@H](O)[C@H]1O. The molecule has 4 heterocycles. The highest BCUT2D eigenvalue weighted by atomic mass is 31.2. The third-order valence-corrected chi connectivity index (χ3v) is 6.29. The second-order valence-corrected chi connectivity index (χ2v) is 9.07. The number of nitrogens with one attached hydrogen (secondary N) is 1. The number of hydrogen-bond donors (Lipinski definition) is 4. The summed E-state index contributed by atoms with van der Waals surface area (Å²) in [5.74, 6) is 0.298. The van der Waals surface area contributed by atoms with Gasteiger partial charge in [0.25, 0.3) is 11.5 Å². The number of nitrogens with zero attached hydrogens (tertiary/aromatic N) is 6. The van der Waals surface area contributed by atoms with E-state index >= 15 is 0 Å². The minimum Gasteiger partial charge on any atom is -0.387 e. The molecule has 0 aromatic carbocycles. The van der Waals surface area contributed by atoms with E-state index in [1.54, 1.807) is 26.0 Å². The first-order chi connectivity index (χ1) is 14.6. The molecule has 1 fully saturated rings. The number of aromatic amines is 1. The molecule has 4 N–H and O–H groups in total. The van der Waals surface area contributed by atoms with Gasteiger partial charge in [-0.3, -0.25) is 18.9 Å². The average Bonchev–Trinajstić information content (AvgIpc) is 3.42. The Morgan fingerprint density at radius 1 is 1.39 bits per heavy atom. The van der Waals surface area contributed by atoms with Crippen LogP contribution in [0.25, 0.3) is 11.2 Å². The minimum atomic E-state index is -4.24. The van der Waals surface area contributed by atoms with Crippen LogP contribution < -0.4 is 15.0 Å². The lowest BCUT2D eigenvalue weighted by atomic mass is 10.1. The fourth-order valence-electron chi connectivity index (χ4n) is 3.37. The van der Waals surface area contributed by atoms with Gasteiger partial charge in [0.2, 0.25) is 11.7 Å². The van der Waals surface area contributed by atoms with Crippen LogP contribution in [0.5, 0.6) is 0 Å². The zero-order valence-corrected chi connectivity index (χ0v) is 17.8. The highest BCUT2D eigenvalue weighted by molar-refractivity contribution is 7.51. The normalized spacial score (nSPS) is 25.7. The van der Waals surface area contributed by atoms with Gasteiger partial charge in [-0.1, -0.05) is 4.98 Å². The van der Waals surface area contributed by atoms with Crippen LogP contribution in [-0.2, 0) is 20.9 Å². The van der Waals surface area contributed by atoms with Crippen molar-refractivity contribution in [3.63, 3.8) is 0 Å². The largest absolute Gasteiger partial charge is 0.437 e. The Balaban J connectivity index is 1.62. The van der Waals surface area contributed by atoms with Gasteiger partial charge < -0.3 is 24.7 Å². The molecule has 1 saturated heterocycles. The van der Waals surface area contributed by atoms with E-state index < -0.39 is 38.9 Å². The second kappa shape index (κ2) is 7.82. The molecule has 0 spiro atoms. The number of hydrogen-bond acceptors (Lipinski definition) is 9. The highest BCUT2D eigenvalue weighted by Crippen LogP contribution is 2.44. The van der Waals surface area contributed by atoms with Crippen LogP contribution in [0.4, 0.5) is 5.95 Å². The van der Waals surface area contributed by atoms with E-state index in [1.165, 1.54) is 27.9 Å².